The molecule has 1 heterocycles. The van der Waals surface area contributed by atoms with E-state index >= 15 is 0 Å². The molecule has 0 aromatic rings. The highest BCUT2D eigenvalue weighted by molar-refractivity contribution is 4.69. The van der Waals surface area contributed by atoms with Crippen molar-refractivity contribution >= 4 is 0 Å². The van der Waals surface area contributed by atoms with Gasteiger partial charge in [0, 0.05) is 13.1 Å². The van der Waals surface area contributed by atoms with E-state index in [9.17, 15) is 0 Å². The van der Waals surface area contributed by atoms with Gasteiger partial charge >= 0.3 is 0 Å². The van der Waals surface area contributed by atoms with Gasteiger partial charge in [0.1, 0.15) is 0 Å². The van der Waals surface area contributed by atoms with Gasteiger partial charge in [0.05, 0.1) is 6.10 Å². The topological polar surface area (TPSA) is 63.9 Å². The largest absolute Gasteiger partial charge is 0.393 e. The number of hydrogen-bond donors (Lipinski definition) is 3. The van der Waals surface area contributed by atoms with Crippen LogP contribution < -0.4 is 0 Å². The fourth-order valence-corrected chi connectivity index (χ4v) is 1.12. The van der Waals surface area contributed by atoms with Gasteiger partial charge in [0.2, 0.25) is 6.41 Å². The van der Waals surface area contributed by atoms with Crippen LogP contribution in [0.1, 0.15) is 12.8 Å². The third kappa shape index (κ3) is 1.91. The van der Waals surface area contributed by atoms with Gasteiger partial charge in [-0.2, -0.15) is 0 Å². The van der Waals surface area contributed by atoms with Crippen molar-refractivity contribution in [2.75, 3.05) is 13.1 Å². The van der Waals surface area contributed by atoms with Crippen LogP contribution in [0.4, 0.5) is 0 Å². The third-order valence-corrected chi connectivity index (χ3v) is 1.83. The Labute approximate surface area is 59.7 Å². The van der Waals surface area contributed by atoms with Gasteiger partial charge in [0.25, 0.3) is 0 Å². The van der Waals surface area contributed by atoms with E-state index in [1.165, 1.54) is 4.90 Å². The molecule has 0 aromatic carbocycles. The third-order valence-electron chi connectivity index (χ3n) is 1.83. The predicted octanol–water partition coefficient (Wildman–Crippen LogP) is -1.29. The number of nitrogens with zero attached hydrogens (tertiary/aromatic N) is 1. The molecular formula is C6H13NO3. The van der Waals surface area contributed by atoms with Crippen molar-refractivity contribution in [2.45, 2.75) is 25.4 Å². The monoisotopic (exact) mass is 147 g/mol. The summed E-state index contributed by atoms with van der Waals surface area (Å²) in [6.45, 7) is 1.14. The Morgan fingerprint density at radius 3 is 2.10 bits per heavy atom. The Morgan fingerprint density at radius 1 is 1.20 bits per heavy atom. The highest BCUT2D eigenvalue weighted by atomic mass is 16.5. The zero-order valence-corrected chi connectivity index (χ0v) is 5.77. The van der Waals surface area contributed by atoms with E-state index in [4.69, 9.17) is 15.3 Å². The predicted molar refractivity (Wildman–Crippen MR) is 35.0 cm³/mol. The molecule has 0 amide bonds. The quantitative estimate of drug-likeness (QED) is 0.404. The summed E-state index contributed by atoms with van der Waals surface area (Å²) in [6, 6.07) is 0. The van der Waals surface area contributed by atoms with Gasteiger partial charge in [-0.15, -0.1) is 0 Å². The molecule has 10 heavy (non-hydrogen) atoms. The Balaban J connectivity index is 2.26. The van der Waals surface area contributed by atoms with Gasteiger partial charge in [-0.05, 0) is 12.8 Å². The van der Waals surface area contributed by atoms with Crippen molar-refractivity contribution in [3.63, 3.8) is 0 Å². The molecule has 0 atom stereocenters. The number of rotatable bonds is 1. The van der Waals surface area contributed by atoms with Crippen LogP contribution in [0.5, 0.6) is 0 Å². The van der Waals surface area contributed by atoms with Crippen LogP contribution in [0.15, 0.2) is 0 Å². The molecule has 0 unspecified atom stereocenters. The van der Waals surface area contributed by atoms with Crippen LogP contribution in [0, 0.1) is 0 Å². The number of hydrogen-bond acceptors (Lipinski definition) is 4. The summed E-state index contributed by atoms with van der Waals surface area (Å²) in [4.78, 5) is 1.52. The maximum absolute atomic E-state index is 9.02. The lowest BCUT2D eigenvalue weighted by Crippen LogP contribution is -2.42. The summed E-state index contributed by atoms with van der Waals surface area (Å²) < 4.78 is 0. The molecule has 60 valence electrons. The lowest BCUT2D eigenvalue weighted by molar-refractivity contribution is -0.166. The van der Waals surface area contributed by atoms with Crippen LogP contribution in [0.2, 0.25) is 0 Å². The molecule has 1 fully saturated rings. The summed E-state index contributed by atoms with van der Waals surface area (Å²) in [5.74, 6) is 0. The van der Waals surface area contributed by atoms with Crippen LogP contribution in [-0.4, -0.2) is 45.8 Å². The molecule has 0 spiro atoms. The SMILES string of the molecule is OC1CCN(C(O)O)CC1. The van der Waals surface area contributed by atoms with Crippen molar-refractivity contribution in [3.8, 4) is 0 Å². The second-order valence-electron chi connectivity index (χ2n) is 2.61. The number of likely N-dealkylation sites (tertiary alicyclic amines) is 1. The minimum Gasteiger partial charge on any atom is -0.393 e. The van der Waals surface area contributed by atoms with Crippen LogP contribution in [0.25, 0.3) is 0 Å². The van der Waals surface area contributed by atoms with Crippen LogP contribution >= 0.6 is 0 Å². The van der Waals surface area contributed by atoms with Crippen LogP contribution in [0.3, 0.4) is 0 Å². The van der Waals surface area contributed by atoms with E-state index in [1.807, 2.05) is 0 Å². The van der Waals surface area contributed by atoms with Crippen molar-refractivity contribution in [2.24, 2.45) is 0 Å². The van der Waals surface area contributed by atoms with E-state index in [-0.39, 0.29) is 6.10 Å². The van der Waals surface area contributed by atoms with E-state index < -0.39 is 6.41 Å². The minimum atomic E-state index is -1.35. The van der Waals surface area contributed by atoms with Gasteiger partial charge in [-0.3, -0.25) is 4.90 Å². The maximum Gasteiger partial charge on any atom is 0.213 e. The minimum absolute atomic E-state index is 0.255. The molecule has 4 heteroatoms. The average Bonchev–Trinajstić information content (AvgIpc) is 1.88. The van der Waals surface area contributed by atoms with E-state index in [0.717, 1.165) is 0 Å². The molecule has 1 aliphatic heterocycles. The van der Waals surface area contributed by atoms with Gasteiger partial charge in [-0.1, -0.05) is 0 Å². The maximum atomic E-state index is 9.02. The molecule has 0 aromatic heterocycles. The van der Waals surface area contributed by atoms with Gasteiger partial charge < -0.3 is 15.3 Å². The Hall–Kier alpha value is -0.160. The average molecular weight is 147 g/mol. The lowest BCUT2D eigenvalue weighted by Gasteiger charge is -2.30. The first-order valence-electron chi connectivity index (χ1n) is 3.48. The van der Waals surface area contributed by atoms with Crippen LogP contribution in [-0.2, 0) is 0 Å². The first kappa shape index (κ1) is 7.94. The fourth-order valence-electron chi connectivity index (χ4n) is 1.12. The lowest BCUT2D eigenvalue weighted by atomic mass is 10.1. The van der Waals surface area contributed by atoms with Gasteiger partial charge in [-0.25, -0.2) is 0 Å². The van der Waals surface area contributed by atoms with E-state index in [2.05, 4.69) is 0 Å². The molecule has 0 aliphatic carbocycles. The summed E-state index contributed by atoms with van der Waals surface area (Å²) >= 11 is 0. The zero-order chi connectivity index (χ0) is 7.56. The summed E-state index contributed by atoms with van der Waals surface area (Å²) in [5.41, 5.74) is 0. The first-order chi connectivity index (χ1) is 4.70. The molecule has 3 N–H and O–H groups in total. The molecule has 1 rings (SSSR count). The number of piperidine rings is 1. The smallest absolute Gasteiger partial charge is 0.213 e. The van der Waals surface area contributed by atoms with Crippen molar-refractivity contribution in [1.29, 1.82) is 0 Å². The number of aliphatic hydroxyl groups is 3. The second kappa shape index (κ2) is 3.30. The zero-order valence-electron chi connectivity index (χ0n) is 5.77. The summed E-state index contributed by atoms with van der Waals surface area (Å²) in [7, 11) is 0. The Bertz CT molecular complexity index is 99.2. The van der Waals surface area contributed by atoms with E-state index in [0.29, 0.717) is 25.9 Å². The molecule has 0 radical (unpaired) electrons. The van der Waals surface area contributed by atoms with Crippen molar-refractivity contribution in [1.82, 2.24) is 4.90 Å². The fraction of sp³-hybridized carbons (Fsp3) is 1.00. The molecule has 4 nitrogen and oxygen atoms in total. The second-order valence-corrected chi connectivity index (χ2v) is 2.61. The highest BCUT2D eigenvalue weighted by Gasteiger charge is 2.20. The first-order valence-corrected chi connectivity index (χ1v) is 3.48. The summed E-state index contributed by atoms with van der Waals surface area (Å²) in [6.07, 6.45) is -0.336. The number of aliphatic hydroxyl groups excluding tert-OH is 2. The molecule has 0 bridgehead atoms. The Kier molecular flexibility index (Phi) is 2.62. The molecular weight excluding hydrogens is 134 g/mol. The van der Waals surface area contributed by atoms with E-state index in [1.54, 1.807) is 0 Å². The molecule has 0 saturated carbocycles. The standard InChI is InChI=1S/C6H13NO3/c8-5-1-3-7(4-2-5)6(9)10/h5-6,8-10H,1-4H2. The van der Waals surface area contributed by atoms with Crippen molar-refractivity contribution < 1.29 is 15.3 Å². The normalized spacial score (nSPS) is 24.0. The molecule has 1 saturated heterocycles. The van der Waals surface area contributed by atoms with Crippen molar-refractivity contribution in [3.05, 3.63) is 0 Å². The summed E-state index contributed by atoms with van der Waals surface area (Å²) in [5, 5.41) is 26.3. The highest BCUT2D eigenvalue weighted by Crippen LogP contribution is 2.10. The Morgan fingerprint density at radius 2 is 1.70 bits per heavy atom. The van der Waals surface area contributed by atoms with Gasteiger partial charge in [0.15, 0.2) is 0 Å². The molecule has 1 aliphatic rings.